The van der Waals surface area contributed by atoms with Crippen molar-refractivity contribution in [3.05, 3.63) is 55.6 Å². The van der Waals surface area contributed by atoms with E-state index in [0.717, 1.165) is 31.4 Å². The number of fused-ring (bicyclic) bond motifs is 1. The van der Waals surface area contributed by atoms with Gasteiger partial charge in [-0.2, -0.15) is 0 Å². The number of para-hydroxylation sites is 1. The fourth-order valence-corrected chi connectivity index (χ4v) is 9.23. The maximum absolute atomic E-state index is 14.5. The number of carbonyl (C=O) groups excluding carboxylic acids is 3. The van der Waals surface area contributed by atoms with Gasteiger partial charge in [-0.3, -0.25) is 14.4 Å². The molecule has 1 aromatic rings. The minimum Gasteiger partial charge on any atom is -0.394 e. The average Bonchev–Trinajstić information content (AvgIpc) is 3.59. The van der Waals surface area contributed by atoms with E-state index < -0.39 is 28.7 Å². The fourth-order valence-electron chi connectivity index (χ4n) is 7.04. The number of rotatable bonds is 14. The van der Waals surface area contributed by atoms with Crippen molar-refractivity contribution in [1.82, 2.24) is 9.80 Å². The van der Waals surface area contributed by atoms with Crippen LogP contribution in [0.5, 0.6) is 0 Å². The summed E-state index contributed by atoms with van der Waals surface area (Å²) in [7, 11) is 0. The van der Waals surface area contributed by atoms with Crippen LogP contribution in [0.1, 0.15) is 52.9 Å². The van der Waals surface area contributed by atoms with Gasteiger partial charge in [0.1, 0.15) is 6.04 Å². The van der Waals surface area contributed by atoms with E-state index in [2.05, 4.69) is 20.1 Å². The van der Waals surface area contributed by atoms with Crippen LogP contribution in [0.4, 0.5) is 5.69 Å². The van der Waals surface area contributed by atoms with E-state index in [9.17, 15) is 19.5 Å². The monoisotopic (exact) mass is 567 g/mol. The second-order valence-corrected chi connectivity index (χ2v) is 13.2. The standard InChI is InChI=1S/C32H45N3O4S/c1-6-9-13-20-33(18-7-2)31(39)28-32-17-16-25(40-32)26(27(32)30(38)35(28)24(21-36)22(4)5)29(37)34(19-8-3)23-14-11-10-12-15-23/h7-8,10-12,14-15,22,24-28,36H,2-3,6,9,13,16-21H2,1,4-5H3/t24-,25-,26+,27-,28?,32?/m0/s1. The van der Waals surface area contributed by atoms with Gasteiger partial charge >= 0.3 is 0 Å². The smallest absolute Gasteiger partial charge is 0.247 e. The topological polar surface area (TPSA) is 81.2 Å². The van der Waals surface area contributed by atoms with Crippen LogP contribution >= 0.6 is 11.8 Å². The molecule has 2 bridgehead atoms. The van der Waals surface area contributed by atoms with Crippen LogP contribution in [-0.2, 0) is 14.4 Å². The van der Waals surface area contributed by atoms with Crippen molar-refractivity contribution in [3.63, 3.8) is 0 Å². The van der Waals surface area contributed by atoms with Crippen molar-refractivity contribution >= 4 is 35.2 Å². The van der Waals surface area contributed by atoms with Crippen LogP contribution in [0, 0.1) is 17.8 Å². The van der Waals surface area contributed by atoms with Gasteiger partial charge in [0.25, 0.3) is 0 Å². The second-order valence-electron chi connectivity index (χ2n) is 11.6. The normalized spacial score (nSPS) is 27.5. The molecule has 8 heteroatoms. The van der Waals surface area contributed by atoms with Crippen molar-refractivity contribution in [2.45, 2.75) is 75.0 Å². The first-order valence-electron chi connectivity index (χ1n) is 14.7. The Balaban J connectivity index is 1.77. The Labute approximate surface area is 243 Å². The zero-order valence-electron chi connectivity index (χ0n) is 24.2. The summed E-state index contributed by atoms with van der Waals surface area (Å²) in [6.45, 7) is 14.9. The number of aliphatic hydroxyl groups is 1. The maximum Gasteiger partial charge on any atom is 0.247 e. The molecular weight excluding hydrogens is 522 g/mol. The van der Waals surface area contributed by atoms with Gasteiger partial charge in [-0.15, -0.1) is 24.9 Å². The second kappa shape index (κ2) is 12.9. The number of likely N-dealkylation sites (tertiary alicyclic amines) is 1. The molecule has 0 radical (unpaired) electrons. The number of hydrogen-bond donors (Lipinski definition) is 1. The molecule has 3 aliphatic rings. The molecule has 1 spiro atoms. The number of anilines is 1. The summed E-state index contributed by atoms with van der Waals surface area (Å²) in [5.41, 5.74) is 0.771. The molecule has 6 atom stereocenters. The van der Waals surface area contributed by atoms with Gasteiger partial charge in [0, 0.05) is 30.6 Å². The summed E-state index contributed by atoms with van der Waals surface area (Å²) in [5.74, 6) is -1.54. The van der Waals surface area contributed by atoms with Crippen LogP contribution in [0.2, 0.25) is 0 Å². The molecule has 0 aliphatic carbocycles. The number of unbranched alkanes of at least 4 members (excludes halogenated alkanes) is 2. The lowest BCUT2D eigenvalue weighted by Gasteiger charge is -2.40. The van der Waals surface area contributed by atoms with Crippen LogP contribution < -0.4 is 4.90 Å². The first kappa shape index (κ1) is 30.4. The van der Waals surface area contributed by atoms with Crippen molar-refractivity contribution in [2.75, 3.05) is 31.1 Å². The van der Waals surface area contributed by atoms with E-state index in [1.807, 2.05) is 49.1 Å². The first-order valence-corrected chi connectivity index (χ1v) is 15.6. The Hall–Kier alpha value is -2.58. The molecule has 7 nitrogen and oxygen atoms in total. The highest BCUT2D eigenvalue weighted by atomic mass is 32.2. The van der Waals surface area contributed by atoms with Gasteiger partial charge in [0.05, 0.1) is 29.2 Å². The predicted molar refractivity (Wildman–Crippen MR) is 162 cm³/mol. The van der Waals surface area contributed by atoms with Gasteiger partial charge in [-0.25, -0.2) is 0 Å². The lowest BCUT2D eigenvalue weighted by atomic mass is 9.70. The number of hydrogen-bond acceptors (Lipinski definition) is 5. The van der Waals surface area contributed by atoms with Gasteiger partial charge in [0.2, 0.25) is 17.7 Å². The van der Waals surface area contributed by atoms with Gasteiger partial charge < -0.3 is 19.8 Å². The van der Waals surface area contributed by atoms with E-state index in [1.54, 1.807) is 33.7 Å². The summed E-state index contributed by atoms with van der Waals surface area (Å²) in [6, 6.07) is 8.28. The molecule has 0 saturated carbocycles. The van der Waals surface area contributed by atoms with E-state index in [1.165, 1.54) is 0 Å². The molecule has 3 saturated heterocycles. The maximum atomic E-state index is 14.5. The Kier molecular flexibility index (Phi) is 9.83. The number of amides is 3. The minimum absolute atomic E-state index is 0.0329. The Morgan fingerprint density at radius 2 is 1.85 bits per heavy atom. The molecule has 3 aliphatic heterocycles. The highest BCUT2D eigenvalue weighted by Gasteiger charge is 2.74. The number of carbonyl (C=O) groups is 3. The van der Waals surface area contributed by atoms with Gasteiger partial charge in [-0.1, -0.05) is 64.0 Å². The third-order valence-electron chi connectivity index (χ3n) is 8.91. The van der Waals surface area contributed by atoms with Crippen LogP contribution in [0.3, 0.4) is 0 Å². The largest absolute Gasteiger partial charge is 0.394 e. The van der Waals surface area contributed by atoms with Crippen molar-refractivity contribution < 1.29 is 19.5 Å². The molecular formula is C32H45N3O4S. The van der Waals surface area contributed by atoms with Gasteiger partial charge in [-0.05, 0) is 37.3 Å². The van der Waals surface area contributed by atoms with E-state index in [0.29, 0.717) is 26.1 Å². The highest BCUT2D eigenvalue weighted by molar-refractivity contribution is 8.02. The Bertz CT molecular complexity index is 1090. The summed E-state index contributed by atoms with van der Waals surface area (Å²) in [5, 5.41) is 10.4. The number of aliphatic hydroxyl groups excluding tert-OH is 1. The molecule has 1 aromatic carbocycles. The highest BCUT2D eigenvalue weighted by Crippen LogP contribution is 2.67. The number of nitrogens with zero attached hydrogens (tertiary/aromatic N) is 3. The molecule has 40 heavy (non-hydrogen) atoms. The molecule has 218 valence electrons. The van der Waals surface area contributed by atoms with Crippen molar-refractivity contribution in [3.8, 4) is 0 Å². The first-order chi connectivity index (χ1) is 19.3. The molecule has 0 aromatic heterocycles. The average molecular weight is 568 g/mol. The lowest BCUT2D eigenvalue weighted by Crippen LogP contribution is -2.58. The molecule has 1 N–H and O–H groups in total. The van der Waals surface area contributed by atoms with E-state index in [4.69, 9.17) is 0 Å². The van der Waals surface area contributed by atoms with E-state index in [-0.39, 0.29) is 35.5 Å². The molecule has 3 heterocycles. The third-order valence-corrected chi connectivity index (χ3v) is 10.9. The Morgan fingerprint density at radius 3 is 2.45 bits per heavy atom. The van der Waals surface area contributed by atoms with Crippen LogP contribution in [-0.4, -0.2) is 80.9 Å². The van der Waals surface area contributed by atoms with Crippen LogP contribution in [0.25, 0.3) is 0 Å². The van der Waals surface area contributed by atoms with Crippen LogP contribution in [0.15, 0.2) is 55.6 Å². The zero-order valence-corrected chi connectivity index (χ0v) is 25.0. The molecule has 2 unspecified atom stereocenters. The molecule has 3 fully saturated rings. The van der Waals surface area contributed by atoms with Crippen molar-refractivity contribution in [1.29, 1.82) is 0 Å². The number of thioether (sulfide) groups is 1. The summed E-state index contributed by atoms with van der Waals surface area (Å²) in [4.78, 5) is 48.5. The number of benzene rings is 1. The molecule has 3 amide bonds. The fraction of sp³-hybridized carbons (Fsp3) is 0.594. The van der Waals surface area contributed by atoms with Gasteiger partial charge in [0.15, 0.2) is 0 Å². The summed E-state index contributed by atoms with van der Waals surface area (Å²) >= 11 is 1.67. The predicted octanol–water partition coefficient (Wildman–Crippen LogP) is 4.52. The summed E-state index contributed by atoms with van der Waals surface area (Å²) < 4.78 is -0.692. The molecule has 4 rings (SSSR count). The summed E-state index contributed by atoms with van der Waals surface area (Å²) in [6.07, 6.45) is 7.87. The minimum atomic E-state index is -0.719. The third kappa shape index (κ3) is 5.25. The van der Waals surface area contributed by atoms with E-state index >= 15 is 0 Å². The Morgan fingerprint density at radius 1 is 1.15 bits per heavy atom. The lowest BCUT2D eigenvalue weighted by molar-refractivity contribution is -0.146. The SMILES string of the molecule is C=CCN(CCCCC)C(=O)C1N([C@@H](CO)C(C)C)C(=O)[C@@H]2[C@H](C(=O)N(CC=C)c3ccccc3)[C@@H]3CCC12S3. The quantitative estimate of drug-likeness (QED) is 0.264. The van der Waals surface area contributed by atoms with Crippen molar-refractivity contribution in [2.24, 2.45) is 17.8 Å². The zero-order chi connectivity index (χ0) is 29.0.